The molecule has 0 aliphatic carbocycles. The number of nitrogens with one attached hydrogen (secondary N) is 1. The fourth-order valence-electron chi connectivity index (χ4n) is 1.46. The number of hydrogen-bond acceptors (Lipinski definition) is 3. The molecule has 2 N–H and O–H groups in total. The number of rotatable bonds is 3. The Morgan fingerprint density at radius 2 is 2.06 bits per heavy atom. The molecule has 94 valence electrons. The maximum atomic E-state index is 11.9. The molecule has 1 heterocycles. The average molecular weight is 326 g/mol. The van der Waals surface area contributed by atoms with Crippen molar-refractivity contribution in [3.63, 3.8) is 0 Å². The minimum absolute atomic E-state index is 0.0816. The number of hydrogen-bond donors (Lipinski definition) is 2. The molecule has 5 heteroatoms. The lowest BCUT2D eigenvalue weighted by atomic mass is 10.2. The normalized spacial score (nSPS) is 10.3. The molecule has 0 spiro atoms. The van der Waals surface area contributed by atoms with E-state index >= 15 is 0 Å². The highest BCUT2D eigenvalue weighted by Gasteiger charge is 2.10. The van der Waals surface area contributed by atoms with E-state index < -0.39 is 0 Å². The maximum Gasteiger partial charge on any atom is 0.261 e. The molecule has 18 heavy (non-hydrogen) atoms. The zero-order chi connectivity index (χ0) is 13.1. The first-order valence-corrected chi connectivity index (χ1v) is 6.99. The van der Waals surface area contributed by atoms with E-state index in [-0.39, 0.29) is 11.7 Å². The van der Waals surface area contributed by atoms with Gasteiger partial charge in [-0.25, -0.2) is 0 Å². The summed E-state index contributed by atoms with van der Waals surface area (Å²) in [6.45, 7) is 2.41. The van der Waals surface area contributed by atoms with Crippen LogP contribution in [0, 0.1) is 6.92 Å². The summed E-state index contributed by atoms with van der Waals surface area (Å²) in [6.07, 6.45) is 0. The molecule has 0 bridgehead atoms. The predicted molar refractivity (Wildman–Crippen MR) is 76.0 cm³/mol. The Bertz CT molecular complexity index is 543. The summed E-state index contributed by atoms with van der Waals surface area (Å²) in [6, 6.07) is 8.64. The van der Waals surface area contributed by atoms with Crippen LogP contribution in [0.2, 0.25) is 0 Å². The van der Waals surface area contributed by atoms with Crippen LogP contribution in [-0.2, 0) is 6.54 Å². The van der Waals surface area contributed by atoms with Crippen molar-refractivity contribution in [1.29, 1.82) is 0 Å². The van der Waals surface area contributed by atoms with Crippen molar-refractivity contribution in [2.75, 3.05) is 0 Å². The summed E-state index contributed by atoms with van der Waals surface area (Å²) in [7, 11) is 0. The number of aryl methyl sites for hydroxylation is 1. The predicted octanol–water partition coefficient (Wildman–Crippen LogP) is 3.45. The fraction of sp³-hybridized carbons (Fsp3) is 0.154. The third kappa shape index (κ3) is 3.11. The molecule has 2 rings (SSSR count). The van der Waals surface area contributed by atoms with Gasteiger partial charge in [0.2, 0.25) is 0 Å². The van der Waals surface area contributed by atoms with Crippen molar-refractivity contribution >= 4 is 33.2 Å². The summed E-state index contributed by atoms with van der Waals surface area (Å²) in [4.78, 5) is 12.6. The van der Waals surface area contributed by atoms with Crippen LogP contribution in [-0.4, -0.2) is 11.0 Å². The number of halogens is 1. The summed E-state index contributed by atoms with van der Waals surface area (Å²) >= 11 is 4.82. The number of benzene rings is 1. The van der Waals surface area contributed by atoms with Crippen molar-refractivity contribution in [3.05, 3.63) is 50.1 Å². The van der Waals surface area contributed by atoms with E-state index in [0.717, 1.165) is 14.9 Å². The minimum Gasteiger partial charge on any atom is -0.508 e. The van der Waals surface area contributed by atoms with Gasteiger partial charge in [-0.2, -0.15) is 0 Å². The van der Waals surface area contributed by atoms with E-state index in [0.29, 0.717) is 11.4 Å². The standard InChI is InChI=1S/C13H12BrNO2S/c1-8-6-11(18-12(8)14)13(17)15-7-9-2-4-10(16)5-3-9/h2-6,16H,7H2,1H3,(H,15,17). The first-order chi connectivity index (χ1) is 8.56. The van der Waals surface area contributed by atoms with Crippen molar-refractivity contribution in [1.82, 2.24) is 5.32 Å². The Labute approximate surface area is 118 Å². The zero-order valence-corrected chi connectivity index (χ0v) is 12.1. The molecule has 0 unspecified atom stereocenters. The third-order valence-electron chi connectivity index (χ3n) is 2.47. The molecule has 2 aromatic rings. The van der Waals surface area contributed by atoms with Crippen LogP contribution in [0.3, 0.4) is 0 Å². The Kier molecular flexibility index (Phi) is 4.04. The van der Waals surface area contributed by atoms with Crippen molar-refractivity contribution in [3.8, 4) is 5.75 Å². The van der Waals surface area contributed by atoms with Crippen LogP contribution < -0.4 is 5.32 Å². The quantitative estimate of drug-likeness (QED) is 0.908. The molecule has 1 aromatic heterocycles. The van der Waals surface area contributed by atoms with Crippen LogP contribution in [0.15, 0.2) is 34.1 Å². The minimum atomic E-state index is -0.0816. The molecule has 0 radical (unpaired) electrons. The van der Waals surface area contributed by atoms with Crippen LogP contribution >= 0.6 is 27.3 Å². The van der Waals surface area contributed by atoms with Gasteiger partial charge < -0.3 is 10.4 Å². The summed E-state index contributed by atoms with van der Waals surface area (Å²) in [5.41, 5.74) is 2.02. The van der Waals surface area contributed by atoms with Crippen LogP contribution in [0.25, 0.3) is 0 Å². The number of amides is 1. The topological polar surface area (TPSA) is 49.3 Å². The van der Waals surface area contributed by atoms with Crippen molar-refractivity contribution in [2.24, 2.45) is 0 Å². The van der Waals surface area contributed by atoms with Gasteiger partial charge >= 0.3 is 0 Å². The van der Waals surface area contributed by atoms with Gasteiger partial charge in [0.15, 0.2) is 0 Å². The van der Waals surface area contributed by atoms with Gasteiger partial charge in [-0.1, -0.05) is 12.1 Å². The number of carbonyl (C=O) groups excluding carboxylic acids is 1. The SMILES string of the molecule is Cc1cc(C(=O)NCc2ccc(O)cc2)sc1Br. The Morgan fingerprint density at radius 3 is 2.61 bits per heavy atom. The van der Waals surface area contributed by atoms with Crippen LogP contribution in [0.4, 0.5) is 0 Å². The number of aromatic hydroxyl groups is 1. The average Bonchev–Trinajstić information content (AvgIpc) is 2.69. The molecule has 0 atom stereocenters. The summed E-state index contributed by atoms with van der Waals surface area (Å²) in [5.74, 6) is 0.143. The van der Waals surface area contributed by atoms with Gasteiger partial charge in [0.25, 0.3) is 5.91 Å². The van der Waals surface area contributed by atoms with Gasteiger partial charge in [-0.05, 0) is 52.2 Å². The van der Waals surface area contributed by atoms with Gasteiger partial charge in [0.1, 0.15) is 5.75 Å². The second-order valence-electron chi connectivity index (χ2n) is 3.92. The van der Waals surface area contributed by atoms with Gasteiger partial charge in [-0.15, -0.1) is 11.3 Å². The van der Waals surface area contributed by atoms with E-state index in [1.54, 1.807) is 24.3 Å². The monoisotopic (exact) mass is 325 g/mol. The second-order valence-corrected chi connectivity index (χ2v) is 6.29. The largest absolute Gasteiger partial charge is 0.508 e. The van der Waals surface area contributed by atoms with E-state index in [1.807, 2.05) is 13.0 Å². The van der Waals surface area contributed by atoms with Crippen LogP contribution in [0.5, 0.6) is 5.75 Å². The summed E-state index contributed by atoms with van der Waals surface area (Å²) < 4.78 is 0.984. The highest BCUT2D eigenvalue weighted by Crippen LogP contribution is 2.27. The zero-order valence-electron chi connectivity index (χ0n) is 9.74. The molecule has 1 aromatic carbocycles. The number of phenolic OH excluding ortho intramolecular Hbond substituents is 1. The molecule has 0 aliphatic heterocycles. The fourth-order valence-corrected chi connectivity index (χ4v) is 2.91. The Morgan fingerprint density at radius 1 is 1.39 bits per heavy atom. The molecular weight excluding hydrogens is 314 g/mol. The van der Waals surface area contributed by atoms with Crippen molar-refractivity contribution in [2.45, 2.75) is 13.5 Å². The number of phenols is 1. The molecule has 0 saturated heterocycles. The summed E-state index contributed by atoms with van der Waals surface area (Å²) in [5, 5.41) is 12.0. The lowest BCUT2D eigenvalue weighted by Gasteiger charge is -2.03. The first-order valence-electron chi connectivity index (χ1n) is 5.38. The Balaban J connectivity index is 1.98. The smallest absolute Gasteiger partial charge is 0.261 e. The molecule has 1 amide bonds. The van der Waals surface area contributed by atoms with Crippen LogP contribution in [0.1, 0.15) is 20.8 Å². The van der Waals surface area contributed by atoms with Gasteiger partial charge in [0.05, 0.1) is 8.66 Å². The maximum absolute atomic E-state index is 11.9. The molecule has 3 nitrogen and oxygen atoms in total. The third-order valence-corrected chi connectivity index (χ3v) is 4.61. The van der Waals surface area contributed by atoms with E-state index in [9.17, 15) is 4.79 Å². The molecule has 0 fully saturated rings. The molecular formula is C13H12BrNO2S. The van der Waals surface area contributed by atoms with E-state index in [1.165, 1.54) is 11.3 Å². The highest BCUT2D eigenvalue weighted by molar-refractivity contribution is 9.11. The lowest BCUT2D eigenvalue weighted by molar-refractivity contribution is 0.0955. The van der Waals surface area contributed by atoms with E-state index in [2.05, 4.69) is 21.2 Å². The highest BCUT2D eigenvalue weighted by atomic mass is 79.9. The molecule has 0 aliphatic rings. The van der Waals surface area contributed by atoms with Crippen molar-refractivity contribution < 1.29 is 9.90 Å². The number of thiophene rings is 1. The lowest BCUT2D eigenvalue weighted by Crippen LogP contribution is -2.21. The second kappa shape index (κ2) is 5.54. The van der Waals surface area contributed by atoms with Gasteiger partial charge in [0, 0.05) is 6.54 Å². The first kappa shape index (κ1) is 13.1. The Hall–Kier alpha value is -1.33. The van der Waals surface area contributed by atoms with E-state index in [4.69, 9.17) is 5.11 Å². The van der Waals surface area contributed by atoms with Gasteiger partial charge in [-0.3, -0.25) is 4.79 Å². The molecule has 0 saturated carbocycles. The number of carbonyl (C=O) groups is 1.